The van der Waals surface area contributed by atoms with Crippen LogP contribution in [-0.2, 0) is 25.6 Å². The molecule has 0 atom stereocenters. The Hall–Kier alpha value is -2.99. The van der Waals surface area contributed by atoms with Gasteiger partial charge < -0.3 is 10.2 Å². The van der Waals surface area contributed by atoms with Crippen molar-refractivity contribution < 1.29 is 21.6 Å². The average Bonchev–Trinajstić information content (AvgIpc) is 2.88. The molecular weight excluding hydrogens is 548 g/mol. The van der Waals surface area contributed by atoms with E-state index >= 15 is 0 Å². The normalized spacial score (nSPS) is 14.8. The van der Waals surface area contributed by atoms with E-state index in [9.17, 15) is 21.6 Å². The smallest absolute Gasteiger partial charge is 0.255 e. The van der Waals surface area contributed by atoms with Crippen LogP contribution in [0.3, 0.4) is 0 Å². The highest BCUT2D eigenvalue weighted by Crippen LogP contribution is 2.30. The van der Waals surface area contributed by atoms with Crippen LogP contribution in [0, 0.1) is 5.92 Å². The molecule has 1 aliphatic heterocycles. The van der Waals surface area contributed by atoms with Crippen LogP contribution in [0.4, 0.5) is 11.5 Å². The highest BCUT2D eigenvalue weighted by Gasteiger charge is 2.25. The maximum Gasteiger partial charge on any atom is 0.255 e. The Morgan fingerprint density at radius 1 is 1.03 bits per heavy atom. The summed E-state index contributed by atoms with van der Waals surface area (Å²) >= 11 is 6.02. The largest absolute Gasteiger partial charge is 0.355 e. The summed E-state index contributed by atoms with van der Waals surface area (Å²) in [5.74, 6) is 0.0790. The molecule has 0 aliphatic carbocycles. The number of hydrogen-bond donors (Lipinski definition) is 2. The average molecular weight is 577 g/mol. The number of sulfonamides is 1. The number of rotatable bonds is 9. The summed E-state index contributed by atoms with van der Waals surface area (Å²) in [6.45, 7) is 1.47. The van der Waals surface area contributed by atoms with Gasteiger partial charge in [-0.3, -0.25) is 4.79 Å². The molecule has 1 aromatic heterocycles. The van der Waals surface area contributed by atoms with E-state index < -0.39 is 25.8 Å². The molecule has 38 heavy (non-hydrogen) atoms. The molecule has 1 aliphatic rings. The van der Waals surface area contributed by atoms with Gasteiger partial charge in [-0.15, -0.1) is 0 Å². The van der Waals surface area contributed by atoms with Crippen molar-refractivity contribution in [1.29, 1.82) is 0 Å². The van der Waals surface area contributed by atoms with Gasteiger partial charge in [-0.1, -0.05) is 48.0 Å². The lowest BCUT2D eigenvalue weighted by molar-refractivity contribution is 0.102. The molecule has 0 saturated carbocycles. The standard InChI is InChI=1S/C26H29ClN4O5S2/c1-37(33,34)23-15-24(30-26(32)21-8-5-9-22(27)14-21)25(28-17-23)31-12-10-19(11-13-31)16-29-38(35,36)18-20-6-3-2-4-7-20/h2-9,14-15,17,19,29H,10-13,16,18H2,1H3,(H,30,32). The summed E-state index contributed by atoms with van der Waals surface area (Å²) in [4.78, 5) is 19.2. The number of piperidine rings is 1. The van der Waals surface area contributed by atoms with Crippen LogP contribution in [-0.4, -0.2) is 53.6 Å². The maximum atomic E-state index is 12.9. The fraction of sp³-hybridized carbons (Fsp3) is 0.308. The molecule has 2 N–H and O–H groups in total. The fourth-order valence-corrected chi connectivity index (χ4v) is 6.24. The summed E-state index contributed by atoms with van der Waals surface area (Å²) in [5, 5.41) is 3.19. The van der Waals surface area contributed by atoms with Gasteiger partial charge in [0.05, 0.1) is 16.3 Å². The van der Waals surface area contributed by atoms with E-state index in [0.29, 0.717) is 48.9 Å². The van der Waals surface area contributed by atoms with Crippen LogP contribution in [0.25, 0.3) is 0 Å². The monoisotopic (exact) mass is 576 g/mol. The molecule has 0 spiro atoms. The molecule has 12 heteroatoms. The van der Waals surface area contributed by atoms with Gasteiger partial charge in [-0.2, -0.15) is 0 Å². The molecule has 2 heterocycles. The van der Waals surface area contributed by atoms with E-state index in [1.165, 1.54) is 18.3 Å². The molecule has 1 fully saturated rings. The molecule has 1 saturated heterocycles. The Morgan fingerprint density at radius 3 is 2.39 bits per heavy atom. The number of aromatic nitrogens is 1. The van der Waals surface area contributed by atoms with Crippen molar-refractivity contribution in [2.24, 2.45) is 5.92 Å². The summed E-state index contributed by atoms with van der Waals surface area (Å²) in [6, 6.07) is 16.9. The minimum Gasteiger partial charge on any atom is -0.355 e. The van der Waals surface area contributed by atoms with Crippen LogP contribution in [0.1, 0.15) is 28.8 Å². The third-order valence-electron chi connectivity index (χ3n) is 6.31. The van der Waals surface area contributed by atoms with Gasteiger partial charge >= 0.3 is 0 Å². The van der Waals surface area contributed by atoms with Crippen LogP contribution in [0.2, 0.25) is 5.02 Å². The van der Waals surface area contributed by atoms with Gasteiger partial charge in [0, 0.05) is 42.7 Å². The SMILES string of the molecule is CS(=O)(=O)c1cnc(N2CCC(CNS(=O)(=O)Cc3ccccc3)CC2)c(NC(=O)c2cccc(Cl)c2)c1. The zero-order chi connectivity index (χ0) is 27.3. The molecule has 0 bridgehead atoms. The number of benzene rings is 2. The lowest BCUT2D eigenvalue weighted by atomic mass is 9.97. The molecule has 0 unspecified atom stereocenters. The lowest BCUT2D eigenvalue weighted by Gasteiger charge is -2.34. The number of sulfone groups is 1. The van der Waals surface area contributed by atoms with E-state index in [2.05, 4.69) is 15.0 Å². The highest BCUT2D eigenvalue weighted by molar-refractivity contribution is 7.90. The molecule has 2 aromatic carbocycles. The Kier molecular flexibility index (Phi) is 8.71. The third kappa shape index (κ3) is 7.53. The number of carbonyl (C=O) groups is 1. The fourth-order valence-electron chi connectivity index (χ4n) is 4.25. The van der Waals surface area contributed by atoms with Gasteiger partial charge in [0.25, 0.3) is 5.91 Å². The molecule has 202 valence electrons. The molecule has 0 radical (unpaired) electrons. The van der Waals surface area contributed by atoms with E-state index in [1.807, 2.05) is 23.1 Å². The second-order valence-electron chi connectivity index (χ2n) is 9.30. The van der Waals surface area contributed by atoms with E-state index in [1.54, 1.807) is 30.3 Å². The van der Waals surface area contributed by atoms with Crippen LogP contribution in [0.15, 0.2) is 71.8 Å². The van der Waals surface area contributed by atoms with Crippen LogP contribution in [0.5, 0.6) is 0 Å². The first-order chi connectivity index (χ1) is 18.0. The Morgan fingerprint density at radius 2 is 1.74 bits per heavy atom. The molecular formula is C26H29ClN4O5S2. The zero-order valence-corrected chi connectivity index (χ0v) is 23.2. The summed E-state index contributed by atoms with van der Waals surface area (Å²) in [6.07, 6.45) is 3.76. The third-order valence-corrected chi connectivity index (χ3v) is 8.94. The van der Waals surface area contributed by atoms with E-state index in [4.69, 9.17) is 11.6 Å². The topological polar surface area (TPSA) is 126 Å². The highest BCUT2D eigenvalue weighted by atomic mass is 35.5. The second kappa shape index (κ2) is 11.8. The van der Waals surface area contributed by atoms with E-state index in [0.717, 1.165) is 11.8 Å². The summed E-state index contributed by atoms with van der Waals surface area (Å²) in [5.41, 5.74) is 1.33. The van der Waals surface area contributed by atoms with Crippen molar-refractivity contribution in [3.8, 4) is 0 Å². The minimum atomic E-state index is -3.55. The molecule has 3 aromatic rings. The first kappa shape index (κ1) is 28.0. The predicted molar refractivity (Wildman–Crippen MR) is 149 cm³/mol. The lowest BCUT2D eigenvalue weighted by Crippen LogP contribution is -2.39. The van der Waals surface area contributed by atoms with Crippen molar-refractivity contribution in [1.82, 2.24) is 9.71 Å². The number of halogens is 1. The van der Waals surface area contributed by atoms with Gasteiger partial charge in [0.1, 0.15) is 0 Å². The molecule has 1 amide bonds. The number of nitrogens with one attached hydrogen (secondary N) is 2. The van der Waals surface area contributed by atoms with Crippen molar-refractivity contribution >= 4 is 48.9 Å². The quantitative estimate of drug-likeness (QED) is 0.397. The second-order valence-corrected chi connectivity index (χ2v) is 13.6. The van der Waals surface area contributed by atoms with Crippen molar-refractivity contribution in [3.05, 3.63) is 83.0 Å². The molecule has 4 rings (SSSR count). The number of carbonyl (C=O) groups excluding carboxylic acids is 1. The number of amides is 1. The zero-order valence-electron chi connectivity index (χ0n) is 20.8. The molecule has 9 nitrogen and oxygen atoms in total. The maximum absolute atomic E-state index is 12.9. The first-order valence-electron chi connectivity index (χ1n) is 12.0. The Labute approximate surface area is 228 Å². The van der Waals surface area contributed by atoms with Gasteiger partial charge in [-0.25, -0.2) is 26.5 Å². The van der Waals surface area contributed by atoms with Crippen molar-refractivity contribution in [3.63, 3.8) is 0 Å². The Bertz CT molecular complexity index is 1510. The number of pyridine rings is 1. The number of nitrogens with zero attached hydrogens (tertiary/aromatic N) is 2. The van der Waals surface area contributed by atoms with E-state index in [-0.39, 0.29) is 22.3 Å². The number of anilines is 2. The summed E-state index contributed by atoms with van der Waals surface area (Å²) < 4.78 is 52.0. The first-order valence-corrected chi connectivity index (χ1v) is 16.0. The van der Waals surface area contributed by atoms with Crippen LogP contribution >= 0.6 is 11.6 Å². The van der Waals surface area contributed by atoms with Crippen molar-refractivity contribution in [2.45, 2.75) is 23.5 Å². The van der Waals surface area contributed by atoms with Gasteiger partial charge in [0.2, 0.25) is 10.0 Å². The van der Waals surface area contributed by atoms with Crippen molar-refractivity contribution in [2.75, 3.05) is 36.1 Å². The van der Waals surface area contributed by atoms with Gasteiger partial charge in [0.15, 0.2) is 15.7 Å². The Balaban J connectivity index is 1.43. The van der Waals surface area contributed by atoms with Crippen LogP contribution < -0.4 is 14.9 Å². The summed E-state index contributed by atoms with van der Waals surface area (Å²) in [7, 11) is -7.01. The number of hydrogen-bond acceptors (Lipinski definition) is 7. The minimum absolute atomic E-state index is 0.00893. The van der Waals surface area contributed by atoms with Gasteiger partial charge in [-0.05, 0) is 48.6 Å². The predicted octanol–water partition coefficient (Wildman–Crippen LogP) is 3.73.